The Bertz CT molecular complexity index is 992. The summed E-state index contributed by atoms with van der Waals surface area (Å²) in [7, 11) is 1.30. The Hall–Kier alpha value is -3.14. The Balaban J connectivity index is 1.42. The van der Waals surface area contributed by atoms with Gasteiger partial charge in [0.2, 0.25) is 0 Å². The van der Waals surface area contributed by atoms with Gasteiger partial charge in [-0.05, 0) is 43.4 Å². The van der Waals surface area contributed by atoms with Gasteiger partial charge in [0.1, 0.15) is 6.04 Å². The van der Waals surface area contributed by atoms with E-state index in [0.717, 1.165) is 23.9 Å². The highest BCUT2D eigenvalue weighted by Gasteiger charge is 2.27. The molecule has 2 aliphatic rings. The Morgan fingerprint density at radius 2 is 1.88 bits per heavy atom. The fraction of sp³-hybridized carbons (Fsp3) is 0.545. The fourth-order valence-corrected chi connectivity index (χ4v) is 4.28. The second-order valence-corrected chi connectivity index (χ2v) is 8.21. The topological polar surface area (TPSA) is 105 Å². The summed E-state index contributed by atoms with van der Waals surface area (Å²) in [5, 5.41) is 7.02. The van der Waals surface area contributed by atoms with E-state index in [1.165, 1.54) is 7.11 Å². The number of methoxy groups -OCH3 is 1. The predicted molar refractivity (Wildman–Crippen MR) is 115 cm³/mol. The van der Waals surface area contributed by atoms with Crippen molar-refractivity contribution in [2.24, 2.45) is 0 Å². The number of pyridine rings is 1. The normalized spacial score (nSPS) is 18.4. The average molecular weight is 444 g/mol. The van der Waals surface area contributed by atoms with Crippen LogP contribution in [0.15, 0.2) is 24.5 Å². The van der Waals surface area contributed by atoms with Crippen molar-refractivity contribution >= 4 is 23.4 Å². The van der Waals surface area contributed by atoms with Crippen LogP contribution in [0, 0.1) is 0 Å². The van der Waals surface area contributed by atoms with Gasteiger partial charge in [0, 0.05) is 32.4 Å². The molecule has 3 amide bonds. The molecule has 0 aromatic carbocycles. The highest BCUT2D eigenvalue weighted by Crippen LogP contribution is 2.29. The zero-order valence-corrected chi connectivity index (χ0v) is 18.5. The number of urea groups is 1. The van der Waals surface area contributed by atoms with E-state index in [4.69, 9.17) is 4.74 Å². The van der Waals surface area contributed by atoms with Crippen LogP contribution in [-0.4, -0.2) is 89.9 Å². The summed E-state index contributed by atoms with van der Waals surface area (Å²) < 4.78 is 11.7. The average Bonchev–Trinajstić information content (AvgIpc) is 3.26. The van der Waals surface area contributed by atoms with Gasteiger partial charge in [0.25, 0.3) is 5.91 Å². The lowest BCUT2D eigenvalue weighted by molar-refractivity contribution is -0.142. The van der Waals surface area contributed by atoms with Crippen molar-refractivity contribution in [3.8, 4) is 0 Å². The maximum atomic E-state index is 13.0. The number of hydrogen-bond donors (Lipinski definition) is 1. The van der Waals surface area contributed by atoms with E-state index in [1.807, 2.05) is 18.3 Å². The van der Waals surface area contributed by atoms with Gasteiger partial charge in [0.05, 0.1) is 37.6 Å². The first-order valence-corrected chi connectivity index (χ1v) is 11.0. The van der Waals surface area contributed by atoms with Gasteiger partial charge in [-0.25, -0.2) is 14.1 Å². The first kappa shape index (κ1) is 22.1. The lowest BCUT2D eigenvalue weighted by atomic mass is 9.89. The van der Waals surface area contributed by atoms with Crippen LogP contribution >= 0.6 is 0 Å². The van der Waals surface area contributed by atoms with E-state index in [-0.39, 0.29) is 17.9 Å². The van der Waals surface area contributed by atoms with Gasteiger partial charge in [-0.1, -0.05) is 0 Å². The van der Waals surface area contributed by atoms with Gasteiger partial charge >= 0.3 is 12.0 Å². The predicted octanol–water partition coefficient (Wildman–Crippen LogP) is 1.26. The van der Waals surface area contributed by atoms with Crippen LogP contribution in [0.2, 0.25) is 0 Å². The lowest BCUT2D eigenvalue weighted by Gasteiger charge is -2.33. The van der Waals surface area contributed by atoms with Crippen LogP contribution in [0.1, 0.15) is 41.6 Å². The van der Waals surface area contributed by atoms with E-state index in [9.17, 15) is 14.4 Å². The maximum Gasteiger partial charge on any atom is 0.328 e. The Morgan fingerprint density at radius 3 is 2.56 bits per heavy atom. The number of ether oxygens (including phenoxy) is 2. The number of piperidine rings is 1. The molecule has 0 saturated carbocycles. The van der Waals surface area contributed by atoms with E-state index in [1.54, 1.807) is 27.4 Å². The molecule has 32 heavy (non-hydrogen) atoms. The fourth-order valence-electron chi connectivity index (χ4n) is 4.28. The number of carbonyl (C=O) groups excluding carboxylic acids is 3. The molecule has 2 aliphatic heterocycles. The zero-order chi connectivity index (χ0) is 22.7. The van der Waals surface area contributed by atoms with Crippen molar-refractivity contribution in [1.29, 1.82) is 0 Å². The number of hydrogen-bond acceptors (Lipinski definition) is 6. The second-order valence-electron chi connectivity index (χ2n) is 8.21. The molecule has 0 unspecified atom stereocenters. The molecule has 4 heterocycles. The third kappa shape index (κ3) is 4.55. The first-order valence-electron chi connectivity index (χ1n) is 11.0. The van der Waals surface area contributed by atoms with Crippen LogP contribution in [0.4, 0.5) is 4.79 Å². The molecule has 2 fully saturated rings. The number of likely N-dealkylation sites (tertiary alicyclic amines) is 1. The van der Waals surface area contributed by atoms with Gasteiger partial charge in [0.15, 0.2) is 0 Å². The summed E-state index contributed by atoms with van der Waals surface area (Å²) in [6.07, 6.45) is 5.12. The molecule has 4 rings (SSSR count). The van der Waals surface area contributed by atoms with Crippen LogP contribution in [0.5, 0.6) is 0 Å². The standard InChI is InChI=1S/C22H29N5O5/c1-15(21(29)31-2)24-22(30)26-6-3-16(4-7-26)17-5-8-27-19(13-17)18(14-23-27)20(28)25-9-11-32-12-10-25/h5,8,13-16H,3-4,6-7,9-12H2,1-2H3,(H,24,30)/t15-/m0/s1. The van der Waals surface area contributed by atoms with Crippen molar-refractivity contribution < 1.29 is 23.9 Å². The third-order valence-corrected chi connectivity index (χ3v) is 6.22. The smallest absolute Gasteiger partial charge is 0.328 e. The number of esters is 1. The lowest BCUT2D eigenvalue weighted by Crippen LogP contribution is -2.49. The Kier molecular flexibility index (Phi) is 6.59. The van der Waals surface area contributed by atoms with E-state index in [0.29, 0.717) is 45.0 Å². The van der Waals surface area contributed by atoms with Crippen LogP contribution in [-0.2, 0) is 14.3 Å². The van der Waals surface area contributed by atoms with Gasteiger partial charge in [-0.15, -0.1) is 0 Å². The van der Waals surface area contributed by atoms with Crippen LogP contribution in [0.3, 0.4) is 0 Å². The molecule has 2 saturated heterocycles. The molecule has 0 spiro atoms. The van der Waals surface area contributed by atoms with E-state index >= 15 is 0 Å². The monoisotopic (exact) mass is 443 g/mol. The maximum absolute atomic E-state index is 13.0. The third-order valence-electron chi connectivity index (χ3n) is 6.22. The molecule has 0 bridgehead atoms. The van der Waals surface area contributed by atoms with Crippen LogP contribution < -0.4 is 5.32 Å². The largest absolute Gasteiger partial charge is 0.467 e. The first-order chi connectivity index (χ1) is 15.5. The molecule has 10 heteroatoms. The van der Waals surface area contributed by atoms with Crippen LogP contribution in [0.25, 0.3) is 5.52 Å². The number of nitrogens with one attached hydrogen (secondary N) is 1. The van der Waals surface area contributed by atoms with Crippen molar-refractivity contribution in [3.05, 3.63) is 35.7 Å². The SMILES string of the molecule is COC(=O)[C@H](C)NC(=O)N1CCC(c2ccn3ncc(C(=O)N4CCOCC4)c3c2)CC1. The van der Waals surface area contributed by atoms with Crippen molar-refractivity contribution in [2.45, 2.75) is 31.7 Å². The molecular weight excluding hydrogens is 414 g/mol. The Labute approximate surface area is 186 Å². The summed E-state index contributed by atoms with van der Waals surface area (Å²) >= 11 is 0. The Morgan fingerprint density at radius 1 is 1.16 bits per heavy atom. The second kappa shape index (κ2) is 9.56. The number of rotatable bonds is 4. The minimum absolute atomic E-state index is 0.0216. The van der Waals surface area contributed by atoms with Gasteiger partial charge in [-0.3, -0.25) is 4.79 Å². The molecule has 2 aromatic heterocycles. The van der Waals surface area contributed by atoms with E-state index < -0.39 is 12.0 Å². The summed E-state index contributed by atoms with van der Waals surface area (Å²) in [6.45, 7) is 5.08. The summed E-state index contributed by atoms with van der Waals surface area (Å²) in [5.74, 6) is -0.209. The van der Waals surface area contributed by atoms with Gasteiger partial charge in [-0.2, -0.15) is 5.10 Å². The molecule has 1 N–H and O–H groups in total. The summed E-state index contributed by atoms with van der Waals surface area (Å²) in [5.41, 5.74) is 2.53. The minimum Gasteiger partial charge on any atom is -0.467 e. The summed E-state index contributed by atoms with van der Waals surface area (Å²) in [4.78, 5) is 40.5. The minimum atomic E-state index is -0.683. The number of fused-ring (bicyclic) bond motifs is 1. The molecule has 1 atom stereocenters. The molecule has 0 radical (unpaired) electrons. The number of amides is 3. The number of carbonyl (C=O) groups is 3. The van der Waals surface area contributed by atoms with Crippen molar-refractivity contribution in [3.63, 3.8) is 0 Å². The molecule has 2 aromatic rings. The summed E-state index contributed by atoms with van der Waals surface area (Å²) in [6, 6.07) is 3.13. The van der Waals surface area contributed by atoms with Crippen molar-refractivity contribution in [2.75, 3.05) is 46.5 Å². The quantitative estimate of drug-likeness (QED) is 0.714. The molecular formula is C22H29N5O5. The van der Waals surface area contributed by atoms with E-state index in [2.05, 4.69) is 15.2 Å². The highest BCUT2D eigenvalue weighted by molar-refractivity contribution is 6.00. The molecule has 10 nitrogen and oxygen atoms in total. The number of morpholine rings is 1. The zero-order valence-electron chi connectivity index (χ0n) is 18.5. The molecule has 172 valence electrons. The number of aromatic nitrogens is 2. The van der Waals surface area contributed by atoms with Gasteiger partial charge < -0.3 is 24.6 Å². The highest BCUT2D eigenvalue weighted by atomic mass is 16.5. The van der Waals surface area contributed by atoms with Crippen molar-refractivity contribution in [1.82, 2.24) is 24.7 Å². The number of nitrogens with zero attached hydrogens (tertiary/aromatic N) is 4. The molecule has 0 aliphatic carbocycles.